The Hall–Kier alpha value is -1.97. The summed E-state index contributed by atoms with van der Waals surface area (Å²) in [6.45, 7) is 0. The van der Waals surface area contributed by atoms with Gasteiger partial charge in [-0.3, -0.25) is 4.79 Å². The number of hydrogen-bond acceptors (Lipinski definition) is 2. The maximum atomic E-state index is 12.2. The fourth-order valence-corrected chi connectivity index (χ4v) is 3.13. The first-order chi connectivity index (χ1) is 10.3. The Morgan fingerprint density at radius 1 is 1.33 bits per heavy atom. The van der Waals surface area contributed by atoms with Crippen LogP contribution in [0.5, 0.6) is 5.75 Å². The lowest BCUT2D eigenvalue weighted by molar-refractivity contribution is -0.121. The minimum Gasteiger partial charge on any atom is -0.497 e. The standard InChI is InChI=1S/C17H22N2O2/c1-21-14-7-8-16-15(10-14)12(11-18-16)9-17(20)19-13-5-3-2-4-6-13/h7-8,10-11,13,18H,2-6,9H2,1H3,(H,19,20). The monoisotopic (exact) mass is 286 g/mol. The Bertz CT molecular complexity index is 627. The van der Waals surface area contributed by atoms with Crippen LogP contribution in [0.25, 0.3) is 10.9 Å². The predicted octanol–water partition coefficient (Wildman–Crippen LogP) is 3.17. The minimum atomic E-state index is 0.116. The van der Waals surface area contributed by atoms with Crippen LogP contribution in [0.15, 0.2) is 24.4 Å². The van der Waals surface area contributed by atoms with E-state index in [1.807, 2.05) is 24.4 Å². The van der Waals surface area contributed by atoms with Crippen molar-refractivity contribution in [2.75, 3.05) is 7.11 Å². The molecule has 3 rings (SSSR count). The van der Waals surface area contributed by atoms with Gasteiger partial charge in [-0.15, -0.1) is 0 Å². The average molecular weight is 286 g/mol. The number of aromatic amines is 1. The molecule has 0 radical (unpaired) electrons. The topological polar surface area (TPSA) is 54.1 Å². The second-order valence-corrected chi connectivity index (χ2v) is 5.80. The van der Waals surface area contributed by atoms with E-state index in [0.717, 1.165) is 35.1 Å². The van der Waals surface area contributed by atoms with Crippen LogP contribution in [0.3, 0.4) is 0 Å². The predicted molar refractivity (Wildman–Crippen MR) is 83.6 cm³/mol. The molecule has 4 heteroatoms. The summed E-state index contributed by atoms with van der Waals surface area (Å²) in [5, 5.41) is 4.23. The summed E-state index contributed by atoms with van der Waals surface area (Å²) in [7, 11) is 1.66. The summed E-state index contributed by atoms with van der Waals surface area (Å²) < 4.78 is 5.26. The van der Waals surface area contributed by atoms with E-state index in [1.165, 1.54) is 19.3 Å². The Balaban J connectivity index is 1.70. The van der Waals surface area contributed by atoms with Crippen molar-refractivity contribution in [2.45, 2.75) is 44.6 Å². The lowest BCUT2D eigenvalue weighted by atomic mass is 9.95. The molecule has 112 valence electrons. The van der Waals surface area contributed by atoms with E-state index in [2.05, 4.69) is 10.3 Å². The Morgan fingerprint density at radius 3 is 2.90 bits per heavy atom. The molecule has 0 bridgehead atoms. The van der Waals surface area contributed by atoms with Gasteiger partial charge in [0.2, 0.25) is 5.91 Å². The first-order valence-corrected chi connectivity index (χ1v) is 7.69. The van der Waals surface area contributed by atoms with E-state index in [9.17, 15) is 4.79 Å². The van der Waals surface area contributed by atoms with Gasteiger partial charge in [-0.05, 0) is 36.6 Å². The molecule has 1 fully saturated rings. The zero-order chi connectivity index (χ0) is 14.7. The Morgan fingerprint density at radius 2 is 2.14 bits per heavy atom. The van der Waals surface area contributed by atoms with Gasteiger partial charge in [0.1, 0.15) is 5.75 Å². The smallest absolute Gasteiger partial charge is 0.224 e. The van der Waals surface area contributed by atoms with Crippen molar-refractivity contribution in [2.24, 2.45) is 0 Å². The molecule has 0 atom stereocenters. The van der Waals surface area contributed by atoms with Gasteiger partial charge in [0, 0.05) is 23.1 Å². The number of carbonyl (C=O) groups excluding carboxylic acids is 1. The average Bonchev–Trinajstić information content (AvgIpc) is 2.90. The molecular formula is C17H22N2O2. The number of nitrogens with one attached hydrogen (secondary N) is 2. The van der Waals surface area contributed by atoms with Crippen molar-refractivity contribution < 1.29 is 9.53 Å². The summed E-state index contributed by atoms with van der Waals surface area (Å²) in [5.41, 5.74) is 2.06. The van der Waals surface area contributed by atoms with Crippen molar-refractivity contribution in [1.82, 2.24) is 10.3 Å². The molecule has 0 saturated heterocycles. The highest BCUT2D eigenvalue weighted by molar-refractivity contribution is 5.89. The molecule has 1 amide bonds. The van der Waals surface area contributed by atoms with Crippen molar-refractivity contribution in [3.05, 3.63) is 30.0 Å². The van der Waals surface area contributed by atoms with Crippen LogP contribution in [0, 0.1) is 0 Å². The largest absolute Gasteiger partial charge is 0.497 e. The highest BCUT2D eigenvalue weighted by Crippen LogP contribution is 2.24. The number of amides is 1. The highest BCUT2D eigenvalue weighted by Gasteiger charge is 2.16. The molecule has 0 unspecified atom stereocenters. The molecule has 0 spiro atoms. The van der Waals surface area contributed by atoms with Gasteiger partial charge in [0.25, 0.3) is 0 Å². The first kappa shape index (κ1) is 14.0. The second-order valence-electron chi connectivity index (χ2n) is 5.80. The Labute approximate surface area is 124 Å². The quantitative estimate of drug-likeness (QED) is 0.907. The molecule has 0 aliphatic heterocycles. The zero-order valence-electron chi connectivity index (χ0n) is 12.4. The number of carbonyl (C=O) groups is 1. The maximum Gasteiger partial charge on any atom is 0.224 e. The number of hydrogen-bond donors (Lipinski definition) is 2. The SMILES string of the molecule is COc1ccc2[nH]cc(CC(=O)NC3CCCCC3)c2c1. The highest BCUT2D eigenvalue weighted by atomic mass is 16.5. The number of H-pyrrole nitrogens is 1. The summed E-state index contributed by atoms with van der Waals surface area (Å²) in [5.74, 6) is 0.932. The van der Waals surface area contributed by atoms with Crippen LogP contribution in [-0.4, -0.2) is 24.0 Å². The molecule has 21 heavy (non-hydrogen) atoms. The lowest BCUT2D eigenvalue weighted by Crippen LogP contribution is -2.37. The fourth-order valence-electron chi connectivity index (χ4n) is 3.13. The van der Waals surface area contributed by atoms with Gasteiger partial charge < -0.3 is 15.0 Å². The van der Waals surface area contributed by atoms with E-state index < -0.39 is 0 Å². The number of methoxy groups -OCH3 is 1. The molecule has 1 aromatic heterocycles. The third-order valence-corrected chi connectivity index (χ3v) is 4.30. The zero-order valence-corrected chi connectivity index (χ0v) is 12.4. The molecular weight excluding hydrogens is 264 g/mol. The first-order valence-electron chi connectivity index (χ1n) is 7.69. The maximum absolute atomic E-state index is 12.2. The van der Waals surface area contributed by atoms with Crippen molar-refractivity contribution in [1.29, 1.82) is 0 Å². The third-order valence-electron chi connectivity index (χ3n) is 4.30. The van der Waals surface area contributed by atoms with Crippen LogP contribution in [0.4, 0.5) is 0 Å². The van der Waals surface area contributed by atoms with Gasteiger partial charge in [-0.1, -0.05) is 19.3 Å². The number of ether oxygens (including phenoxy) is 1. The van der Waals surface area contributed by atoms with Crippen molar-refractivity contribution in [3.63, 3.8) is 0 Å². The van der Waals surface area contributed by atoms with Crippen LogP contribution < -0.4 is 10.1 Å². The summed E-state index contributed by atoms with van der Waals surface area (Å²) in [6.07, 6.45) is 8.34. The normalized spacial score (nSPS) is 16.0. The molecule has 1 aliphatic rings. The number of rotatable bonds is 4. The summed E-state index contributed by atoms with van der Waals surface area (Å²) in [6, 6.07) is 6.25. The molecule has 2 aromatic rings. The Kier molecular flexibility index (Phi) is 4.13. The van der Waals surface area contributed by atoms with Crippen LogP contribution >= 0.6 is 0 Å². The summed E-state index contributed by atoms with van der Waals surface area (Å²) in [4.78, 5) is 15.4. The van der Waals surface area contributed by atoms with Gasteiger partial charge >= 0.3 is 0 Å². The van der Waals surface area contributed by atoms with E-state index >= 15 is 0 Å². The van der Waals surface area contributed by atoms with Crippen LogP contribution in [-0.2, 0) is 11.2 Å². The summed E-state index contributed by atoms with van der Waals surface area (Å²) >= 11 is 0. The minimum absolute atomic E-state index is 0.116. The van der Waals surface area contributed by atoms with E-state index in [4.69, 9.17) is 4.74 Å². The lowest BCUT2D eigenvalue weighted by Gasteiger charge is -2.22. The van der Waals surface area contributed by atoms with Gasteiger partial charge in [0.05, 0.1) is 13.5 Å². The second kappa shape index (κ2) is 6.20. The molecule has 4 nitrogen and oxygen atoms in total. The molecule has 1 aliphatic carbocycles. The van der Waals surface area contributed by atoms with Crippen LogP contribution in [0.2, 0.25) is 0 Å². The van der Waals surface area contributed by atoms with Gasteiger partial charge in [-0.2, -0.15) is 0 Å². The van der Waals surface area contributed by atoms with Gasteiger partial charge in [-0.25, -0.2) is 0 Å². The molecule has 1 saturated carbocycles. The third kappa shape index (κ3) is 3.20. The number of fused-ring (bicyclic) bond motifs is 1. The molecule has 1 heterocycles. The molecule has 1 aromatic carbocycles. The van der Waals surface area contributed by atoms with E-state index in [0.29, 0.717) is 12.5 Å². The van der Waals surface area contributed by atoms with E-state index in [-0.39, 0.29) is 5.91 Å². The van der Waals surface area contributed by atoms with E-state index in [1.54, 1.807) is 7.11 Å². The van der Waals surface area contributed by atoms with Crippen molar-refractivity contribution >= 4 is 16.8 Å². The fraction of sp³-hybridized carbons (Fsp3) is 0.471. The number of benzene rings is 1. The van der Waals surface area contributed by atoms with Gasteiger partial charge in [0.15, 0.2) is 0 Å². The van der Waals surface area contributed by atoms with Crippen molar-refractivity contribution in [3.8, 4) is 5.75 Å². The molecule has 2 N–H and O–H groups in total. The number of aromatic nitrogens is 1. The van der Waals surface area contributed by atoms with Crippen LogP contribution in [0.1, 0.15) is 37.7 Å².